The van der Waals surface area contributed by atoms with Crippen molar-refractivity contribution in [2.75, 3.05) is 13.2 Å². The third kappa shape index (κ3) is 2.29. The minimum Gasteiger partial charge on any atom is -0.348 e. The van der Waals surface area contributed by atoms with Crippen LogP contribution in [0.5, 0.6) is 0 Å². The number of aromatic nitrogens is 1. The molecule has 1 aliphatic carbocycles. The molecule has 3 rings (SSSR count). The van der Waals surface area contributed by atoms with Gasteiger partial charge in [0.1, 0.15) is 0 Å². The summed E-state index contributed by atoms with van der Waals surface area (Å²) in [5, 5.41) is 0. The van der Waals surface area contributed by atoms with Gasteiger partial charge < -0.3 is 9.47 Å². The number of hydrogen-bond acceptors (Lipinski definition) is 3. The van der Waals surface area contributed by atoms with E-state index in [9.17, 15) is 0 Å². The maximum absolute atomic E-state index is 6.04. The third-order valence-electron chi connectivity index (χ3n) is 5.01. The fourth-order valence-corrected chi connectivity index (χ4v) is 3.60. The van der Waals surface area contributed by atoms with E-state index in [0.29, 0.717) is 11.8 Å². The highest BCUT2D eigenvalue weighted by Crippen LogP contribution is 2.48. The molecule has 0 bridgehead atoms. The molecule has 3 heteroatoms. The predicted molar refractivity (Wildman–Crippen MR) is 78.0 cm³/mol. The summed E-state index contributed by atoms with van der Waals surface area (Å²) in [6.07, 6.45) is 6.86. The van der Waals surface area contributed by atoms with Crippen LogP contribution in [0.4, 0.5) is 0 Å². The van der Waals surface area contributed by atoms with E-state index in [1.165, 1.54) is 5.57 Å². The normalized spacial score (nSPS) is 37.8. The number of hydrogen-bond donors (Lipinski definition) is 0. The number of allylic oxidation sites excluding steroid dienone is 2. The van der Waals surface area contributed by atoms with E-state index in [0.717, 1.165) is 25.2 Å². The summed E-state index contributed by atoms with van der Waals surface area (Å²) in [4.78, 5) is 4.13. The molecule has 0 amide bonds. The van der Waals surface area contributed by atoms with E-state index in [-0.39, 0.29) is 11.7 Å². The lowest BCUT2D eigenvalue weighted by molar-refractivity contribution is -0.254. The standard InChI is InChI=1S/C17H23NO2/c1-12-7-13(2)17(14(3)8-12)10-19-16(20-11-17)15-5-4-6-18-9-15/h4-7,9,13-14,16H,8,10-11H2,1-3H3/t13-,14+,16?,17?/m1/s1. The zero-order valence-corrected chi connectivity index (χ0v) is 12.5. The molecule has 1 aromatic rings. The minimum absolute atomic E-state index is 0.123. The first-order valence-corrected chi connectivity index (χ1v) is 7.42. The topological polar surface area (TPSA) is 31.4 Å². The largest absolute Gasteiger partial charge is 0.348 e. The Bertz CT molecular complexity index is 489. The maximum Gasteiger partial charge on any atom is 0.185 e. The van der Waals surface area contributed by atoms with Crippen LogP contribution in [0.25, 0.3) is 0 Å². The van der Waals surface area contributed by atoms with Crippen LogP contribution in [0.3, 0.4) is 0 Å². The van der Waals surface area contributed by atoms with Crippen LogP contribution in [0.15, 0.2) is 36.2 Å². The molecule has 1 saturated heterocycles. The summed E-state index contributed by atoms with van der Waals surface area (Å²) in [6, 6.07) is 3.93. The van der Waals surface area contributed by atoms with E-state index >= 15 is 0 Å². The van der Waals surface area contributed by atoms with E-state index in [2.05, 4.69) is 31.8 Å². The third-order valence-corrected chi connectivity index (χ3v) is 5.01. The van der Waals surface area contributed by atoms with Crippen molar-refractivity contribution < 1.29 is 9.47 Å². The molecule has 1 spiro atoms. The summed E-state index contributed by atoms with van der Waals surface area (Å²) in [6.45, 7) is 8.36. The Hall–Kier alpha value is -1.19. The first-order chi connectivity index (χ1) is 9.62. The smallest absolute Gasteiger partial charge is 0.185 e. The Kier molecular flexibility index (Phi) is 3.65. The number of rotatable bonds is 1. The average Bonchev–Trinajstić information content (AvgIpc) is 2.46. The predicted octanol–water partition coefficient (Wildman–Crippen LogP) is 3.74. The Morgan fingerprint density at radius 1 is 1.25 bits per heavy atom. The molecule has 0 unspecified atom stereocenters. The van der Waals surface area contributed by atoms with E-state index in [4.69, 9.17) is 9.47 Å². The Labute approximate surface area is 121 Å². The maximum atomic E-state index is 6.04. The van der Waals surface area contributed by atoms with Crippen molar-refractivity contribution in [3.63, 3.8) is 0 Å². The van der Waals surface area contributed by atoms with Gasteiger partial charge in [0, 0.05) is 23.4 Å². The molecule has 20 heavy (non-hydrogen) atoms. The first kappa shape index (κ1) is 13.8. The molecule has 3 nitrogen and oxygen atoms in total. The van der Waals surface area contributed by atoms with Crippen molar-refractivity contribution in [3.05, 3.63) is 41.7 Å². The van der Waals surface area contributed by atoms with Gasteiger partial charge >= 0.3 is 0 Å². The number of nitrogens with zero attached hydrogens (tertiary/aromatic N) is 1. The summed E-state index contributed by atoms with van der Waals surface area (Å²) < 4.78 is 12.1. The van der Waals surface area contributed by atoms with E-state index in [1.54, 1.807) is 6.20 Å². The van der Waals surface area contributed by atoms with Crippen molar-refractivity contribution in [2.45, 2.75) is 33.5 Å². The van der Waals surface area contributed by atoms with Crippen LogP contribution in [0.1, 0.15) is 39.0 Å². The van der Waals surface area contributed by atoms with Gasteiger partial charge in [0.2, 0.25) is 0 Å². The van der Waals surface area contributed by atoms with Gasteiger partial charge in [-0.25, -0.2) is 0 Å². The highest BCUT2D eigenvalue weighted by Gasteiger charge is 2.46. The van der Waals surface area contributed by atoms with Gasteiger partial charge in [0.25, 0.3) is 0 Å². The van der Waals surface area contributed by atoms with Gasteiger partial charge in [-0.3, -0.25) is 4.98 Å². The first-order valence-electron chi connectivity index (χ1n) is 7.42. The van der Waals surface area contributed by atoms with Crippen LogP contribution in [0, 0.1) is 17.3 Å². The molecule has 2 atom stereocenters. The second-order valence-electron chi connectivity index (χ2n) is 6.38. The molecule has 0 aromatic carbocycles. The zero-order valence-electron chi connectivity index (χ0n) is 12.5. The summed E-state index contributed by atoms with van der Waals surface area (Å²) >= 11 is 0. The molecule has 0 saturated carbocycles. The van der Waals surface area contributed by atoms with Gasteiger partial charge in [-0.05, 0) is 31.2 Å². The van der Waals surface area contributed by atoms with Crippen molar-refractivity contribution in [2.24, 2.45) is 17.3 Å². The summed E-state index contributed by atoms with van der Waals surface area (Å²) in [5.74, 6) is 1.10. The molecule has 2 aliphatic rings. The van der Waals surface area contributed by atoms with Crippen molar-refractivity contribution in [3.8, 4) is 0 Å². The van der Waals surface area contributed by atoms with Crippen molar-refractivity contribution in [1.29, 1.82) is 0 Å². The zero-order chi connectivity index (χ0) is 14.2. The van der Waals surface area contributed by atoms with E-state index < -0.39 is 0 Å². The van der Waals surface area contributed by atoms with Crippen LogP contribution in [-0.2, 0) is 9.47 Å². The van der Waals surface area contributed by atoms with Gasteiger partial charge in [-0.15, -0.1) is 0 Å². The lowest BCUT2D eigenvalue weighted by Crippen LogP contribution is -2.49. The molecule has 108 valence electrons. The second-order valence-corrected chi connectivity index (χ2v) is 6.38. The highest BCUT2D eigenvalue weighted by molar-refractivity contribution is 5.15. The van der Waals surface area contributed by atoms with Crippen LogP contribution in [0.2, 0.25) is 0 Å². The Balaban J connectivity index is 1.75. The lowest BCUT2D eigenvalue weighted by Gasteiger charge is -2.49. The van der Waals surface area contributed by atoms with Gasteiger partial charge in [-0.2, -0.15) is 0 Å². The molecular formula is C17H23NO2. The molecule has 1 fully saturated rings. The van der Waals surface area contributed by atoms with Crippen molar-refractivity contribution >= 4 is 0 Å². The number of pyridine rings is 1. The quantitative estimate of drug-likeness (QED) is 0.730. The second kappa shape index (κ2) is 5.30. The summed E-state index contributed by atoms with van der Waals surface area (Å²) in [5.41, 5.74) is 2.62. The number of ether oxygens (including phenoxy) is 2. The molecular weight excluding hydrogens is 250 g/mol. The van der Waals surface area contributed by atoms with Crippen LogP contribution in [-0.4, -0.2) is 18.2 Å². The minimum atomic E-state index is -0.263. The van der Waals surface area contributed by atoms with Crippen LogP contribution >= 0.6 is 0 Å². The lowest BCUT2D eigenvalue weighted by atomic mass is 9.63. The van der Waals surface area contributed by atoms with Gasteiger partial charge in [0.15, 0.2) is 6.29 Å². The SMILES string of the molecule is CC1=C[C@@H](C)C2(COC(c3cccnc3)OC2)[C@@H](C)C1. The van der Waals surface area contributed by atoms with Crippen molar-refractivity contribution in [1.82, 2.24) is 4.98 Å². The summed E-state index contributed by atoms with van der Waals surface area (Å²) in [7, 11) is 0. The Morgan fingerprint density at radius 2 is 2.00 bits per heavy atom. The molecule has 1 aliphatic heterocycles. The fourth-order valence-electron chi connectivity index (χ4n) is 3.60. The monoisotopic (exact) mass is 273 g/mol. The molecule has 1 aromatic heterocycles. The molecule has 2 heterocycles. The molecule has 0 radical (unpaired) electrons. The fraction of sp³-hybridized carbons (Fsp3) is 0.588. The Morgan fingerprint density at radius 3 is 2.60 bits per heavy atom. The molecule has 0 N–H and O–H groups in total. The van der Waals surface area contributed by atoms with Gasteiger partial charge in [-0.1, -0.05) is 31.6 Å². The average molecular weight is 273 g/mol. The highest BCUT2D eigenvalue weighted by atomic mass is 16.7. The van der Waals surface area contributed by atoms with Gasteiger partial charge in [0.05, 0.1) is 13.2 Å². The van der Waals surface area contributed by atoms with E-state index in [1.807, 2.05) is 18.3 Å². The van der Waals surface area contributed by atoms with Crippen LogP contribution < -0.4 is 0 Å².